The van der Waals surface area contributed by atoms with Crippen molar-refractivity contribution in [2.24, 2.45) is 5.92 Å². The van der Waals surface area contributed by atoms with Crippen LogP contribution in [0, 0.1) is 5.92 Å². The van der Waals surface area contributed by atoms with Crippen LogP contribution < -0.4 is 10.0 Å². The minimum Gasteiger partial charge on any atom is -0.394 e. The van der Waals surface area contributed by atoms with Gasteiger partial charge in [-0.25, -0.2) is 8.42 Å². The molecule has 3 N–H and O–H groups in total. The van der Waals surface area contributed by atoms with Crippen molar-refractivity contribution in [3.63, 3.8) is 0 Å². The van der Waals surface area contributed by atoms with E-state index in [0.29, 0.717) is 11.7 Å². The first-order chi connectivity index (χ1) is 10.1. The first-order valence-corrected chi connectivity index (χ1v) is 9.11. The Labute approximate surface area is 131 Å². The number of sulfonamides is 1. The molecule has 0 aliphatic rings. The lowest BCUT2D eigenvalue weighted by Crippen LogP contribution is -2.27. The van der Waals surface area contributed by atoms with Gasteiger partial charge in [-0.05, 0) is 12.3 Å². The number of hydrogen-bond donors (Lipinski definition) is 3. The second-order valence-corrected chi connectivity index (χ2v) is 7.77. The van der Waals surface area contributed by atoms with E-state index in [1.165, 1.54) is 0 Å². The van der Waals surface area contributed by atoms with Gasteiger partial charge < -0.3 is 10.4 Å². The molecule has 0 saturated heterocycles. The summed E-state index contributed by atoms with van der Waals surface area (Å²) < 4.78 is 24.9. The Morgan fingerprint density at radius 2 is 1.68 bits per heavy atom. The second-order valence-electron chi connectivity index (χ2n) is 6.02. The largest absolute Gasteiger partial charge is 0.394 e. The van der Waals surface area contributed by atoms with E-state index < -0.39 is 10.0 Å². The molecule has 0 bridgehead atoms. The Hall–Kier alpha value is -1.48. The predicted octanol–water partition coefficient (Wildman–Crippen LogP) is 1.19. The molecule has 0 aliphatic carbocycles. The monoisotopic (exact) mass is 331 g/mol. The zero-order chi connectivity index (χ0) is 16.9. The van der Waals surface area contributed by atoms with Crippen molar-refractivity contribution in [3.8, 4) is 0 Å². The van der Waals surface area contributed by atoms with Crippen molar-refractivity contribution < 1.29 is 13.5 Å². The Balaban J connectivity index is 3.06. The van der Waals surface area contributed by atoms with Crippen LogP contribution in [0.15, 0.2) is 0 Å². The summed E-state index contributed by atoms with van der Waals surface area (Å²) in [6.07, 6.45) is 1.78. The minimum absolute atomic E-state index is 0.0151. The highest BCUT2D eigenvalue weighted by molar-refractivity contribution is 7.91. The van der Waals surface area contributed by atoms with E-state index in [2.05, 4.69) is 25.0 Å². The van der Waals surface area contributed by atoms with Crippen LogP contribution in [0.3, 0.4) is 0 Å². The molecule has 9 heteroatoms. The molecule has 1 atom stereocenters. The van der Waals surface area contributed by atoms with Gasteiger partial charge in [-0.2, -0.15) is 15.0 Å². The fraction of sp³-hybridized carbons (Fsp3) is 0.769. The van der Waals surface area contributed by atoms with Crippen LogP contribution in [-0.4, -0.2) is 47.4 Å². The van der Waals surface area contributed by atoms with E-state index in [0.717, 1.165) is 12.7 Å². The molecule has 1 heterocycles. The van der Waals surface area contributed by atoms with E-state index in [-0.39, 0.29) is 30.5 Å². The summed E-state index contributed by atoms with van der Waals surface area (Å²) in [7, 11) is -3.47. The molecule has 0 aromatic carbocycles. The Morgan fingerprint density at radius 1 is 1.09 bits per heavy atom. The summed E-state index contributed by atoms with van der Waals surface area (Å²) in [5, 5.41) is 12.5. The molecular formula is C13H25N5O3S. The van der Waals surface area contributed by atoms with Gasteiger partial charge in [0.15, 0.2) is 0 Å². The van der Waals surface area contributed by atoms with Gasteiger partial charge in [0.05, 0.1) is 18.9 Å². The molecule has 22 heavy (non-hydrogen) atoms. The van der Waals surface area contributed by atoms with Crippen LogP contribution in [-0.2, 0) is 10.0 Å². The Kier molecular flexibility index (Phi) is 6.48. The van der Waals surface area contributed by atoms with Crippen molar-refractivity contribution in [1.82, 2.24) is 15.0 Å². The number of aliphatic hydroxyl groups is 1. The zero-order valence-corrected chi connectivity index (χ0v) is 14.5. The average Bonchev–Trinajstić information content (AvgIpc) is 2.34. The fourth-order valence-electron chi connectivity index (χ4n) is 1.86. The second kappa shape index (κ2) is 7.68. The maximum absolute atomic E-state index is 11.3. The number of hydrogen-bond acceptors (Lipinski definition) is 7. The summed E-state index contributed by atoms with van der Waals surface area (Å²) >= 11 is 0. The smallest absolute Gasteiger partial charge is 0.241 e. The third-order valence-electron chi connectivity index (χ3n) is 2.76. The average molecular weight is 331 g/mol. The van der Waals surface area contributed by atoms with Crippen molar-refractivity contribution in [2.45, 2.75) is 46.1 Å². The molecule has 1 rings (SSSR count). The lowest BCUT2D eigenvalue weighted by Gasteiger charge is -2.19. The summed E-state index contributed by atoms with van der Waals surface area (Å²) in [5.41, 5.74) is 0. The lowest BCUT2D eigenvalue weighted by atomic mass is 10.0. The van der Waals surface area contributed by atoms with Gasteiger partial charge in [-0.1, -0.05) is 27.7 Å². The number of aromatic nitrogens is 3. The van der Waals surface area contributed by atoms with Crippen molar-refractivity contribution >= 4 is 21.9 Å². The topological polar surface area (TPSA) is 117 Å². The van der Waals surface area contributed by atoms with Gasteiger partial charge in [0.1, 0.15) is 5.82 Å². The third kappa shape index (κ3) is 6.52. The highest BCUT2D eigenvalue weighted by Gasteiger charge is 2.16. The molecule has 0 radical (unpaired) electrons. The van der Waals surface area contributed by atoms with Crippen molar-refractivity contribution in [1.29, 1.82) is 0 Å². The molecule has 0 saturated carbocycles. The van der Waals surface area contributed by atoms with Gasteiger partial charge in [0.25, 0.3) is 0 Å². The quantitative estimate of drug-likeness (QED) is 0.655. The van der Waals surface area contributed by atoms with E-state index in [1.54, 1.807) is 0 Å². The van der Waals surface area contributed by atoms with Gasteiger partial charge in [0, 0.05) is 5.92 Å². The Morgan fingerprint density at radius 3 is 2.14 bits per heavy atom. The predicted molar refractivity (Wildman–Crippen MR) is 86.3 cm³/mol. The number of aliphatic hydroxyl groups excluding tert-OH is 1. The SMILES string of the molecule is CC(C)C[C@H](CO)Nc1nc(NS(C)(=O)=O)nc(C(C)C)n1. The van der Waals surface area contributed by atoms with E-state index in [1.807, 2.05) is 27.7 Å². The standard InChI is InChI=1S/C13H25N5O3S/c1-8(2)6-10(7-19)14-12-15-11(9(3)4)16-13(17-12)18-22(5,20)21/h8-10,19H,6-7H2,1-5H3,(H2,14,15,16,17,18)/t10-/m1/s1. The zero-order valence-electron chi connectivity index (χ0n) is 13.7. The number of nitrogens with one attached hydrogen (secondary N) is 2. The molecular weight excluding hydrogens is 306 g/mol. The van der Waals surface area contributed by atoms with Crippen molar-refractivity contribution in [2.75, 3.05) is 22.9 Å². The van der Waals surface area contributed by atoms with Crippen LogP contribution in [0.25, 0.3) is 0 Å². The van der Waals surface area contributed by atoms with E-state index >= 15 is 0 Å². The fourth-order valence-corrected chi connectivity index (χ4v) is 2.28. The maximum Gasteiger partial charge on any atom is 0.241 e. The van der Waals surface area contributed by atoms with Gasteiger partial charge in [-0.3, -0.25) is 4.72 Å². The molecule has 0 aliphatic heterocycles. The minimum atomic E-state index is -3.47. The third-order valence-corrected chi connectivity index (χ3v) is 3.31. The van der Waals surface area contributed by atoms with E-state index in [4.69, 9.17) is 0 Å². The van der Waals surface area contributed by atoms with Gasteiger partial charge >= 0.3 is 0 Å². The molecule has 0 spiro atoms. The molecule has 1 aromatic rings. The van der Waals surface area contributed by atoms with Crippen LogP contribution >= 0.6 is 0 Å². The van der Waals surface area contributed by atoms with Crippen LogP contribution in [0.5, 0.6) is 0 Å². The van der Waals surface area contributed by atoms with Gasteiger partial charge in [-0.15, -0.1) is 0 Å². The van der Waals surface area contributed by atoms with Crippen LogP contribution in [0.2, 0.25) is 0 Å². The molecule has 1 aromatic heterocycles. The molecule has 0 unspecified atom stereocenters. The maximum atomic E-state index is 11.3. The Bertz CT molecular complexity index is 589. The summed E-state index contributed by atoms with van der Waals surface area (Å²) in [6, 6.07) is -0.200. The summed E-state index contributed by atoms with van der Waals surface area (Å²) in [5.74, 6) is 1.12. The van der Waals surface area contributed by atoms with E-state index in [9.17, 15) is 13.5 Å². The molecule has 126 valence electrons. The highest BCUT2D eigenvalue weighted by atomic mass is 32.2. The lowest BCUT2D eigenvalue weighted by molar-refractivity contribution is 0.259. The number of anilines is 2. The molecule has 0 fully saturated rings. The molecule has 8 nitrogen and oxygen atoms in total. The van der Waals surface area contributed by atoms with Gasteiger partial charge in [0.2, 0.25) is 21.9 Å². The normalized spacial score (nSPS) is 13.5. The van der Waals surface area contributed by atoms with Crippen LogP contribution in [0.1, 0.15) is 45.9 Å². The number of nitrogens with zero attached hydrogens (tertiary/aromatic N) is 3. The number of rotatable bonds is 8. The molecule has 0 amide bonds. The first kappa shape index (κ1) is 18.6. The van der Waals surface area contributed by atoms with Crippen LogP contribution in [0.4, 0.5) is 11.9 Å². The highest BCUT2D eigenvalue weighted by Crippen LogP contribution is 2.16. The summed E-state index contributed by atoms with van der Waals surface area (Å²) in [4.78, 5) is 12.4. The first-order valence-electron chi connectivity index (χ1n) is 7.22. The van der Waals surface area contributed by atoms with Crippen molar-refractivity contribution in [3.05, 3.63) is 5.82 Å². The summed E-state index contributed by atoms with van der Waals surface area (Å²) in [6.45, 7) is 7.85.